The SMILES string of the molecule is NC1CCN=NC1. The van der Waals surface area contributed by atoms with Crippen LogP contribution in [0.25, 0.3) is 0 Å². The van der Waals surface area contributed by atoms with Crippen molar-refractivity contribution < 1.29 is 0 Å². The molecule has 2 N–H and O–H groups in total. The molecule has 1 atom stereocenters. The first-order valence-corrected chi connectivity index (χ1v) is 2.48. The third kappa shape index (κ3) is 1.23. The van der Waals surface area contributed by atoms with Crippen LogP contribution < -0.4 is 5.73 Å². The van der Waals surface area contributed by atoms with Crippen molar-refractivity contribution in [3.05, 3.63) is 0 Å². The van der Waals surface area contributed by atoms with Gasteiger partial charge in [0.25, 0.3) is 0 Å². The Hall–Kier alpha value is -0.440. The van der Waals surface area contributed by atoms with Crippen LogP contribution in [0, 0.1) is 0 Å². The summed E-state index contributed by atoms with van der Waals surface area (Å²) in [5, 5.41) is 7.53. The van der Waals surface area contributed by atoms with Gasteiger partial charge in [0, 0.05) is 6.04 Å². The van der Waals surface area contributed by atoms with Crippen LogP contribution in [0.15, 0.2) is 10.2 Å². The molecule has 0 amide bonds. The Bertz CT molecular complexity index is 79.0. The van der Waals surface area contributed by atoms with Crippen LogP contribution in [0.1, 0.15) is 6.42 Å². The molecule has 0 aromatic heterocycles. The predicted octanol–water partition coefficient (Wildman–Crippen LogP) is 0.170. The summed E-state index contributed by atoms with van der Waals surface area (Å²) in [5.74, 6) is 0. The van der Waals surface area contributed by atoms with Crippen molar-refractivity contribution in [1.29, 1.82) is 0 Å². The molecule has 0 saturated heterocycles. The zero-order valence-electron chi connectivity index (χ0n) is 4.17. The number of nitrogens with two attached hydrogens (primary N) is 1. The Labute approximate surface area is 42.6 Å². The first-order chi connectivity index (χ1) is 3.39. The number of nitrogens with zero attached hydrogens (tertiary/aromatic N) is 2. The van der Waals surface area contributed by atoms with Gasteiger partial charge in [0.2, 0.25) is 0 Å². The zero-order valence-corrected chi connectivity index (χ0v) is 4.17. The molecule has 40 valence electrons. The Morgan fingerprint density at radius 1 is 1.43 bits per heavy atom. The molecular weight excluding hydrogens is 90.1 g/mol. The highest BCUT2D eigenvalue weighted by Crippen LogP contribution is 1.96. The first-order valence-electron chi connectivity index (χ1n) is 2.48. The lowest BCUT2D eigenvalue weighted by Crippen LogP contribution is -2.26. The normalized spacial score (nSPS) is 30.7. The average Bonchev–Trinajstić information content (AvgIpc) is 1.69. The second-order valence-corrected chi connectivity index (χ2v) is 1.74. The van der Waals surface area contributed by atoms with Crippen molar-refractivity contribution in [2.75, 3.05) is 13.1 Å². The van der Waals surface area contributed by atoms with E-state index in [9.17, 15) is 0 Å². The quantitative estimate of drug-likeness (QED) is 0.462. The minimum absolute atomic E-state index is 0.275. The Balaban J connectivity index is 2.32. The molecule has 0 aromatic rings. The van der Waals surface area contributed by atoms with E-state index in [0.29, 0.717) is 0 Å². The van der Waals surface area contributed by atoms with E-state index in [4.69, 9.17) is 5.73 Å². The molecule has 3 heteroatoms. The van der Waals surface area contributed by atoms with Gasteiger partial charge in [0.05, 0.1) is 13.1 Å². The number of azo groups is 1. The largest absolute Gasteiger partial charge is 0.326 e. The van der Waals surface area contributed by atoms with E-state index in [2.05, 4.69) is 10.2 Å². The van der Waals surface area contributed by atoms with Crippen molar-refractivity contribution in [1.82, 2.24) is 0 Å². The molecule has 0 radical (unpaired) electrons. The molecule has 0 bridgehead atoms. The molecule has 3 nitrogen and oxygen atoms in total. The number of hydrogen-bond acceptors (Lipinski definition) is 3. The van der Waals surface area contributed by atoms with Crippen LogP contribution in [0.3, 0.4) is 0 Å². The fourth-order valence-corrected chi connectivity index (χ4v) is 0.548. The van der Waals surface area contributed by atoms with Gasteiger partial charge in [-0.1, -0.05) is 0 Å². The summed E-state index contributed by atoms with van der Waals surface area (Å²) >= 11 is 0. The van der Waals surface area contributed by atoms with Crippen molar-refractivity contribution in [3.8, 4) is 0 Å². The van der Waals surface area contributed by atoms with Crippen molar-refractivity contribution >= 4 is 0 Å². The molecule has 1 heterocycles. The second kappa shape index (κ2) is 2.02. The lowest BCUT2D eigenvalue weighted by Gasteiger charge is -2.08. The highest BCUT2D eigenvalue weighted by molar-refractivity contribution is 4.67. The van der Waals surface area contributed by atoms with E-state index in [1.165, 1.54) is 0 Å². The van der Waals surface area contributed by atoms with Gasteiger partial charge in [-0.15, -0.1) is 0 Å². The summed E-state index contributed by atoms with van der Waals surface area (Å²) in [4.78, 5) is 0. The fourth-order valence-electron chi connectivity index (χ4n) is 0.548. The standard InChI is InChI=1S/C4H9N3/c5-4-1-2-6-7-3-4/h4H,1-3,5H2. The van der Waals surface area contributed by atoms with Crippen LogP contribution >= 0.6 is 0 Å². The minimum Gasteiger partial charge on any atom is -0.326 e. The van der Waals surface area contributed by atoms with E-state index in [0.717, 1.165) is 19.5 Å². The summed E-state index contributed by atoms with van der Waals surface area (Å²) in [6.45, 7) is 1.54. The maximum Gasteiger partial charge on any atom is 0.0750 e. The topological polar surface area (TPSA) is 50.7 Å². The highest BCUT2D eigenvalue weighted by atomic mass is 15.1. The van der Waals surface area contributed by atoms with Gasteiger partial charge in [-0.05, 0) is 6.42 Å². The van der Waals surface area contributed by atoms with Crippen LogP contribution in [0.2, 0.25) is 0 Å². The summed E-state index contributed by atoms with van der Waals surface area (Å²) in [5.41, 5.74) is 5.48. The maximum absolute atomic E-state index is 5.48. The lowest BCUT2D eigenvalue weighted by atomic mass is 10.2. The molecule has 0 fully saturated rings. The smallest absolute Gasteiger partial charge is 0.0750 e. The molecule has 0 saturated carbocycles. The van der Waals surface area contributed by atoms with E-state index in [-0.39, 0.29) is 6.04 Å². The highest BCUT2D eigenvalue weighted by Gasteiger charge is 2.02. The van der Waals surface area contributed by atoms with E-state index in [1.54, 1.807) is 0 Å². The average molecular weight is 99.1 g/mol. The summed E-state index contributed by atoms with van der Waals surface area (Å²) in [6.07, 6.45) is 1.00. The molecule has 0 aromatic carbocycles. The van der Waals surface area contributed by atoms with Crippen LogP contribution in [-0.4, -0.2) is 19.1 Å². The van der Waals surface area contributed by atoms with Gasteiger partial charge >= 0.3 is 0 Å². The van der Waals surface area contributed by atoms with Gasteiger partial charge in [0.1, 0.15) is 0 Å². The van der Waals surface area contributed by atoms with Crippen molar-refractivity contribution in [2.45, 2.75) is 12.5 Å². The lowest BCUT2D eigenvalue weighted by molar-refractivity contribution is 0.560. The van der Waals surface area contributed by atoms with Gasteiger partial charge in [-0.2, -0.15) is 10.2 Å². The summed E-state index contributed by atoms with van der Waals surface area (Å²) in [7, 11) is 0. The van der Waals surface area contributed by atoms with Crippen LogP contribution in [0.5, 0.6) is 0 Å². The maximum atomic E-state index is 5.48. The van der Waals surface area contributed by atoms with Gasteiger partial charge in [-0.3, -0.25) is 0 Å². The summed E-state index contributed by atoms with van der Waals surface area (Å²) < 4.78 is 0. The predicted molar refractivity (Wildman–Crippen MR) is 27.2 cm³/mol. The molecule has 1 aliphatic heterocycles. The minimum atomic E-state index is 0.275. The molecule has 0 aliphatic carbocycles. The molecule has 7 heavy (non-hydrogen) atoms. The monoisotopic (exact) mass is 99.1 g/mol. The molecule has 0 spiro atoms. The molecule has 1 unspecified atom stereocenters. The first kappa shape index (κ1) is 4.71. The fraction of sp³-hybridized carbons (Fsp3) is 1.00. The van der Waals surface area contributed by atoms with E-state index in [1.807, 2.05) is 0 Å². The number of rotatable bonds is 0. The Kier molecular flexibility index (Phi) is 1.36. The van der Waals surface area contributed by atoms with E-state index >= 15 is 0 Å². The van der Waals surface area contributed by atoms with Gasteiger partial charge < -0.3 is 5.73 Å². The van der Waals surface area contributed by atoms with Crippen LogP contribution in [-0.2, 0) is 0 Å². The second-order valence-electron chi connectivity index (χ2n) is 1.74. The summed E-state index contributed by atoms with van der Waals surface area (Å²) in [6, 6.07) is 0.275. The van der Waals surface area contributed by atoms with E-state index < -0.39 is 0 Å². The number of hydrogen-bond donors (Lipinski definition) is 1. The molecular formula is C4H9N3. The van der Waals surface area contributed by atoms with Crippen LogP contribution in [0.4, 0.5) is 0 Å². The van der Waals surface area contributed by atoms with Gasteiger partial charge in [0.15, 0.2) is 0 Å². The zero-order chi connectivity index (χ0) is 5.11. The van der Waals surface area contributed by atoms with Crippen molar-refractivity contribution in [2.24, 2.45) is 16.0 Å². The van der Waals surface area contributed by atoms with Crippen molar-refractivity contribution in [3.63, 3.8) is 0 Å². The van der Waals surface area contributed by atoms with Gasteiger partial charge in [-0.25, -0.2) is 0 Å². The molecule has 1 aliphatic rings. The third-order valence-electron chi connectivity index (χ3n) is 1.02. The Morgan fingerprint density at radius 2 is 2.29 bits per heavy atom. The third-order valence-corrected chi connectivity index (χ3v) is 1.02. The molecule has 1 rings (SSSR count). The Morgan fingerprint density at radius 3 is 2.57 bits per heavy atom.